The van der Waals surface area contributed by atoms with E-state index < -0.39 is 11.7 Å². The van der Waals surface area contributed by atoms with Gasteiger partial charge in [0, 0.05) is 40.5 Å². The smallest absolute Gasteiger partial charge is 0.388 e. The molecule has 2 aromatic rings. The van der Waals surface area contributed by atoms with E-state index in [0.717, 1.165) is 52.0 Å². The molecule has 3 rings (SSSR count). The first-order valence-corrected chi connectivity index (χ1v) is 14.9. The lowest BCUT2D eigenvalue weighted by molar-refractivity contribution is -0.137. The van der Waals surface area contributed by atoms with E-state index >= 15 is 0 Å². The minimum Gasteiger partial charge on any atom is -0.388 e. The molecule has 0 radical (unpaired) electrons. The molecular formula is C37H48F3N3. The molecule has 3 nitrogen and oxygen atoms in total. The van der Waals surface area contributed by atoms with Crippen molar-refractivity contribution in [2.24, 2.45) is 10.9 Å². The van der Waals surface area contributed by atoms with Gasteiger partial charge in [0.2, 0.25) is 0 Å². The fraction of sp³-hybridized carbons (Fsp3) is 0.324. The first-order chi connectivity index (χ1) is 20.5. The summed E-state index contributed by atoms with van der Waals surface area (Å²) in [7, 11) is 0. The Labute approximate surface area is 257 Å². The molecule has 0 saturated carbocycles. The summed E-state index contributed by atoms with van der Waals surface area (Å²) in [4.78, 5) is 4.90. The van der Waals surface area contributed by atoms with Gasteiger partial charge in [0.05, 0.1) is 11.3 Å². The largest absolute Gasteiger partial charge is 0.417 e. The van der Waals surface area contributed by atoms with Crippen molar-refractivity contribution in [3.05, 3.63) is 137 Å². The summed E-state index contributed by atoms with van der Waals surface area (Å²) < 4.78 is 40.1. The Kier molecular flexibility index (Phi) is 15.9. The van der Waals surface area contributed by atoms with Crippen LogP contribution in [0.5, 0.6) is 0 Å². The first kappa shape index (κ1) is 37.0. The van der Waals surface area contributed by atoms with Crippen molar-refractivity contribution in [2.45, 2.75) is 68.0 Å². The highest BCUT2D eigenvalue weighted by Crippen LogP contribution is 2.34. The molecule has 1 aliphatic carbocycles. The first-order valence-electron chi connectivity index (χ1n) is 14.9. The number of halogens is 3. The number of nitrogens with one attached hydrogen (secondary N) is 2. The van der Waals surface area contributed by atoms with E-state index in [2.05, 4.69) is 55.0 Å². The number of alkyl halides is 3. The van der Waals surface area contributed by atoms with Crippen LogP contribution in [0.25, 0.3) is 5.70 Å². The van der Waals surface area contributed by atoms with E-state index in [0.29, 0.717) is 6.54 Å². The van der Waals surface area contributed by atoms with Crippen molar-refractivity contribution in [3.63, 3.8) is 0 Å². The second-order valence-corrected chi connectivity index (χ2v) is 9.65. The van der Waals surface area contributed by atoms with Crippen molar-refractivity contribution in [1.29, 1.82) is 0 Å². The van der Waals surface area contributed by atoms with Gasteiger partial charge >= 0.3 is 6.18 Å². The van der Waals surface area contributed by atoms with E-state index in [1.165, 1.54) is 12.1 Å². The van der Waals surface area contributed by atoms with Gasteiger partial charge in [-0.2, -0.15) is 13.2 Å². The average Bonchev–Trinajstić information content (AvgIpc) is 3.01. The van der Waals surface area contributed by atoms with E-state index in [4.69, 9.17) is 4.99 Å². The van der Waals surface area contributed by atoms with Crippen LogP contribution in [-0.4, -0.2) is 12.3 Å². The lowest BCUT2D eigenvalue weighted by atomic mass is 9.98. The van der Waals surface area contributed by atoms with Crippen LogP contribution in [0.4, 0.5) is 13.2 Å². The Bertz CT molecular complexity index is 1370. The topological polar surface area (TPSA) is 36.4 Å². The zero-order valence-electron chi connectivity index (χ0n) is 27.0. The van der Waals surface area contributed by atoms with Crippen LogP contribution in [-0.2, 0) is 6.18 Å². The van der Waals surface area contributed by atoms with Crippen LogP contribution in [0.15, 0.2) is 120 Å². The average molecular weight is 592 g/mol. The van der Waals surface area contributed by atoms with Gasteiger partial charge < -0.3 is 10.6 Å². The van der Waals surface area contributed by atoms with Crippen molar-refractivity contribution in [1.82, 2.24) is 10.6 Å². The Morgan fingerprint density at radius 1 is 0.977 bits per heavy atom. The molecule has 2 aromatic carbocycles. The Hall–Kier alpha value is -4.06. The number of hydrogen-bond acceptors (Lipinski definition) is 3. The van der Waals surface area contributed by atoms with Crippen LogP contribution >= 0.6 is 0 Å². The quantitative estimate of drug-likeness (QED) is 0.213. The lowest BCUT2D eigenvalue weighted by Crippen LogP contribution is -2.23. The third kappa shape index (κ3) is 11.6. The van der Waals surface area contributed by atoms with Crippen molar-refractivity contribution in [3.8, 4) is 0 Å². The third-order valence-electron chi connectivity index (χ3n) is 6.62. The highest BCUT2D eigenvalue weighted by molar-refractivity contribution is 6.10. The number of allylic oxidation sites excluding steroid dienone is 7. The van der Waals surface area contributed by atoms with Gasteiger partial charge in [-0.3, -0.25) is 4.99 Å². The zero-order chi connectivity index (χ0) is 32.6. The van der Waals surface area contributed by atoms with Crippen LogP contribution in [0.1, 0.15) is 77.1 Å². The standard InChI is InChI=1S/C33H36F3N3.2C2H6/c1-7-22(2)25(5)39-32(29-13-9-8-12-23(29)3)20-24(4)37-21-27-16-18-28(19-17-27)38-26(6)30-14-10-11-15-31(30)33(34,35)36;2*1-2/h7-16,18-20,27,37-38H,1,6,17,21H2,2-5H3;2*1-2H3/b24-20+,25-22+,39-32+;;. The van der Waals surface area contributed by atoms with E-state index in [1.54, 1.807) is 12.1 Å². The summed E-state index contributed by atoms with van der Waals surface area (Å²) in [6, 6.07) is 13.6. The van der Waals surface area contributed by atoms with Gasteiger partial charge in [0.25, 0.3) is 0 Å². The van der Waals surface area contributed by atoms with Gasteiger partial charge in [-0.25, -0.2) is 0 Å². The number of rotatable bonds is 10. The normalized spacial score (nSPS) is 15.5. The Morgan fingerprint density at radius 2 is 1.58 bits per heavy atom. The molecule has 6 heteroatoms. The van der Waals surface area contributed by atoms with E-state index in [1.807, 2.05) is 72.8 Å². The van der Waals surface area contributed by atoms with E-state index in [9.17, 15) is 13.2 Å². The Balaban J connectivity index is 0.00000221. The summed E-state index contributed by atoms with van der Waals surface area (Å²) in [6.07, 6.45) is 6.10. The minimum absolute atomic E-state index is 0.0448. The van der Waals surface area contributed by atoms with Gasteiger partial charge in [-0.1, -0.05) is 102 Å². The van der Waals surface area contributed by atoms with E-state index in [-0.39, 0.29) is 17.2 Å². The lowest BCUT2D eigenvalue weighted by Gasteiger charge is -2.21. The third-order valence-corrected chi connectivity index (χ3v) is 6.62. The molecule has 1 unspecified atom stereocenters. The minimum atomic E-state index is -4.44. The highest BCUT2D eigenvalue weighted by atomic mass is 19.4. The summed E-state index contributed by atoms with van der Waals surface area (Å²) in [5, 5.41) is 6.53. The van der Waals surface area contributed by atoms with Gasteiger partial charge in [0.1, 0.15) is 0 Å². The number of aryl methyl sites for hydroxylation is 1. The molecule has 0 fully saturated rings. The summed E-state index contributed by atoms with van der Waals surface area (Å²) in [5.41, 5.74) is 6.29. The maximum atomic E-state index is 13.4. The predicted octanol–water partition coefficient (Wildman–Crippen LogP) is 10.5. The molecule has 1 atom stereocenters. The molecule has 0 spiro atoms. The molecule has 2 N–H and O–H groups in total. The fourth-order valence-corrected chi connectivity index (χ4v) is 4.14. The molecule has 0 aliphatic heterocycles. The molecule has 0 amide bonds. The second-order valence-electron chi connectivity index (χ2n) is 9.65. The summed E-state index contributed by atoms with van der Waals surface area (Å²) in [5.74, 6) is 0.234. The monoisotopic (exact) mass is 591 g/mol. The number of benzene rings is 2. The van der Waals surface area contributed by atoms with Crippen molar-refractivity contribution >= 4 is 11.4 Å². The second kappa shape index (κ2) is 18.5. The molecule has 0 heterocycles. The molecule has 0 saturated heterocycles. The van der Waals surface area contributed by atoms with Crippen LogP contribution < -0.4 is 10.6 Å². The van der Waals surface area contributed by atoms with Crippen LogP contribution in [0, 0.1) is 12.8 Å². The fourth-order valence-electron chi connectivity index (χ4n) is 4.14. The molecule has 0 bridgehead atoms. The molecule has 0 aromatic heterocycles. The Morgan fingerprint density at radius 3 is 2.14 bits per heavy atom. The predicted molar refractivity (Wildman–Crippen MR) is 180 cm³/mol. The molecular weight excluding hydrogens is 543 g/mol. The summed E-state index contributed by atoms with van der Waals surface area (Å²) >= 11 is 0. The van der Waals surface area contributed by atoms with Crippen LogP contribution in [0.3, 0.4) is 0 Å². The maximum Gasteiger partial charge on any atom is 0.417 e. The molecule has 43 heavy (non-hydrogen) atoms. The molecule has 1 aliphatic rings. The maximum absolute atomic E-state index is 13.4. The SMILES string of the molecule is C=C/C(C)=C(C)/N=C(\C=C(/C)NCC1C=CC(NC(=C)c2ccccc2C(F)(F)F)=CC1)c1ccccc1C.CC.CC. The van der Waals surface area contributed by atoms with Gasteiger partial charge in [-0.15, -0.1) is 0 Å². The van der Waals surface area contributed by atoms with Crippen molar-refractivity contribution in [2.75, 3.05) is 6.54 Å². The number of nitrogens with zero attached hydrogens (tertiary/aromatic N) is 1. The molecule has 232 valence electrons. The van der Waals surface area contributed by atoms with Gasteiger partial charge in [-0.05, 0) is 69.4 Å². The number of hydrogen-bond donors (Lipinski definition) is 2. The summed E-state index contributed by atoms with van der Waals surface area (Å²) in [6.45, 7) is 24.5. The van der Waals surface area contributed by atoms with Gasteiger partial charge in [0.15, 0.2) is 0 Å². The van der Waals surface area contributed by atoms with Crippen LogP contribution in [0.2, 0.25) is 0 Å². The zero-order valence-corrected chi connectivity index (χ0v) is 27.0. The number of aliphatic imine (C=N–C) groups is 1. The highest BCUT2D eigenvalue weighted by Gasteiger charge is 2.33. The van der Waals surface area contributed by atoms with Crippen molar-refractivity contribution < 1.29 is 13.2 Å².